The van der Waals surface area contributed by atoms with Crippen LogP contribution < -0.4 is 16.0 Å². The van der Waals surface area contributed by atoms with Crippen LogP contribution in [0.15, 0.2) is 60.7 Å². The maximum absolute atomic E-state index is 13.8. The van der Waals surface area contributed by atoms with Crippen LogP contribution in [0.5, 0.6) is 0 Å². The molecule has 0 saturated carbocycles. The highest BCUT2D eigenvalue weighted by Gasteiger charge is 2.34. The zero-order valence-corrected chi connectivity index (χ0v) is 28.6. The highest BCUT2D eigenvalue weighted by Crippen LogP contribution is 2.12. The van der Waals surface area contributed by atoms with Crippen molar-refractivity contribution in [3.63, 3.8) is 0 Å². The van der Waals surface area contributed by atoms with Crippen molar-refractivity contribution >= 4 is 23.7 Å². The first-order chi connectivity index (χ1) is 22.5. The fraction of sp³-hybridized carbons (Fsp3) is 0.556. The Kier molecular flexibility index (Phi) is 15.8. The third-order valence-corrected chi connectivity index (χ3v) is 8.23. The van der Waals surface area contributed by atoms with E-state index in [0.29, 0.717) is 32.4 Å². The lowest BCUT2D eigenvalue weighted by atomic mass is 10.0. The van der Waals surface area contributed by atoms with Crippen molar-refractivity contribution in [1.82, 2.24) is 25.8 Å². The summed E-state index contributed by atoms with van der Waals surface area (Å²) < 4.78 is 11.7. The van der Waals surface area contributed by atoms with Crippen molar-refractivity contribution < 1.29 is 28.7 Å². The molecule has 258 valence electrons. The Morgan fingerprint density at radius 1 is 0.787 bits per heavy atom. The fourth-order valence-corrected chi connectivity index (χ4v) is 5.42. The number of carbonyl (C=O) groups excluding carboxylic acids is 4. The standard InChI is InChI=1S/C36H53N5O6/c1-26(2)24-32(38-34(43)31(37-28(4)42)17-16-29-12-8-6-9-13-29)35(44)39-33(36(45)47-25-30-14-10-7-11-15-30)27(3)46-23-22-41-20-18-40(5)19-21-41/h6-15,26-27,31-33H,16-25H2,1-5H3,(H,37,42)(H,38,43)(H,39,44)/t27-,31+,32+,33+/m1/s1. The van der Waals surface area contributed by atoms with Crippen molar-refractivity contribution in [3.8, 4) is 0 Å². The molecular formula is C36H53N5O6. The Labute approximate surface area is 279 Å². The van der Waals surface area contributed by atoms with Crippen molar-refractivity contribution in [3.05, 3.63) is 71.8 Å². The van der Waals surface area contributed by atoms with Gasteiger partial charge in [0.25, 0.3) is 0 Å². The van der Waals surface area contributed by atoms with E-state index in [0.717, 1.165) is 37.3 Å². The highest BCUT2D eigenvalue weighted by molar-refractivity contribution is 5.93. The van der Waals surface area contributed by atoms with Gasteiger partial charge in [-0.2, -0.15) is 0 Å². The summed E-state index contributed by atoms with van der Waals surface area (Å²) in [5, 5.41) is 8.41. The van der Waals surface area contributed by atoms with E-state index in [1.165, 1.54) is 6.92 Å². The first-order valence-electron chi connectivity index (χ1n) is 16.7. The number of amides is 3. The van der Waals surface area contributed by atoms with E-state index >= 15 is 0 Å². The third kappa shape index (κ3) is 13.8. The second-order valence-corrected chi connectivity index (χ2v) is 12.8. The summed E-state index contributed by atoms with van der Waals surface area (Å²) in [4.78, 5) is 57.3. The average molecular weight is 652 g/mol. The molecule has 11 heteroatoms. The Bertz CT molecular complexity index is 1250. The molecule has 0 aliphatic carbocycles. The lowest BCUT2D eigenvalue weighted by Crippen LogP contribution is -2.58. The third-order valence-electron chi connectivity index (χ3n) is 8.23. The normalized spacial score (nSPS) is 16.5. The predicted octanol–water partition coefficient (Wildman–Crippen LogP) is 2.54. The molecule has 1 aliphatic heterocycles. The van der Waals surface area contributed by atoms with Crippen LogP contribution in [-0.4, -0.2) is 104 Å². The minimum Gasteiger partial charge on any atom is -0.459 e. The zero-order chi connectivity index (χ0) is 34.2. The number of piperazine rings is 1. The van der Waals surface area contributed by atoms with Gasteiger partial charge in [0.15, 0.2) is 6.04 Å². The van der Waals surface area contributed by atoms with Crippen LogP contribution in [0.25, 0.3) is 0 Å². The first kappa shape index (κ1) is 37.7. The number of hydrogen-bond acceptors (Lipinski definition) is 8. The summed E-state index contributed by atoms with van der Waals surface area (Å²) in [6.07, 6.45) is 0.562. The maximum atomic E-state index is 13.8. The summed E-state index contributed by atoms with van der Waals surface area (Å²) in [5.74, 6) is -1.89. The van der Waals surface area contributed by atoms with Crippen molar-refractivity contribution in [2.75, 3.05) is 46.4 Å². The fourth-order valence-electron chi connectivity index (χ4n) is 5.42. The van der Waals surface area contributed by atoms with Crippen LogP contribution in [0.1, 0.15) is 51.7 Å². The summed E-state index contributed by atoms with van der Waals surface area (Å²) in [7, 11) is 2.10. The molecule has 11 nitrogen and oxygen atoms in total. The number of ether oxygens (including phenoxy) is 2. The summed E-state index contributed by atoms with van der Waals surface area (Å²) >= 11 is 0. The molecule has 1 aliphatic rings. The van der Waals surface area contributed by atoms with Gasteiger partial charge in [-0.05, 0) is 50.3 Å². The molecule has 0 bridgehead atoms. The molecule has 2 aromatic rings. The summed E-state index contributed by atoms with van der Waals surface area (Å²) in [6, 6.07) is 16.1. The van der Waals surface area contributed by atoms with Gasteiger partial charge in [0.2, 0.25) is 17.7 Å². The van der Waals surface area contributed by atoms with E-state index in [9.17, 15) is 19.2 Å². The van der Waals surface area contributed by atoms with E-state index in [2.05, 4.69) is 32.8 Å². The number of rotatable bonds is 18. The number of hydrogen-bond donors (Lipinski definition) is 3. The quantitative estimate of drug-likeness (QED) is 0.210. The largest absolute Gasteiger partial charge is 0.459 e. The number of aryl methyl sites for hydroxylation is 1. The molecule has 1 saturated heterocycles. The Balaban J connectivity index is 1.70. The minimum absolute atomic E-state index is 0.0476. The molecule has 0 unspecified atom stereocenters. The van der Waals surface area contributed by atoms with Crippen LogP contribution >= 0.6 is 0 Å². The topological polar surface area (TPSA) is 129 Å². The summed E-state index contributed by atoms with van der Waals surface area (Å²) in [6.45, 7) is 12.0. The van der Waals surface area contributed by atoms with Gasteiger partial charge in [-0.1, -0.05) is 74.5 Å². The van der Waals surface area contributed by atoms with E-state index in [1.807, 2.05) is 74.5 Å². The van der Waals surface area contributed by atoms with Gasteiger partial charge in [-0.15, -0.1) is 0 Å². The molecule has 3 N–H and O–H groups in total. The molecule has 0 radical (unpaired) electrons. The molecule has 47 heavy (non-hydrogen) atoms. The van der Waals surface area contributed by atoms with E-state index in [4.69, 9.17) is 9.47 Å². The molecule has 1 fully saturated rings. The number of carbonyl (C=O) groups is 4. The van der Waals surface area contributed by atoms with Crippen LogP contribution in [0.4, 0.5) is 0 Å². The number of benzene rings is 2. The molecule has 2 aromatic carbocycles. The van der Waals surface area contributed by atoms with Crippen molar-refractivity contribution in [2.45, 2.75) is 77.8 Å². The van der Waals surface area contributed by atoms with Crippen LogP contribution in [-0.2, 0) is 41.7 Å². The lowest BCUT2D eigenvalue weighted by molar-refractivity contribution is -0.154. The molecule has 1 heterocycles. The van der Waals surface area contributed by atoms with Crippen LogP contribution in [0, 0.1) is 5.92 Å². The zero-order valence-electron chi connectivity index (χ0n) is 28.6. The second kappa shape index (κ2) is 19.8. The van der Waals surface area contributed by atoms with Crippen molar-refractivity contribution in [1.29, 1.82) is 0 Å². The first-order valence-corrected chi connectivity index (χ1v) is 16.7. The minimum atomic E-state index is -1.10. The van der Waals surface area contributed by atoms with Gasteiger partial charge in [-0.3, -0.25) is 19.3 Å². The summed E-state index contributed by atoms with van der Waals surface area (Å²) in [5.41, 5.74) is 1.85. The van der Waals surface area contributed by atoms with E-state index in [-0.39, 0.29) is 18.4 Å². The number of nitrogens with one attached hydrogen (secondary N) is 3. The molecular weight excluding hydrogens is 598 g/mol. The van der Waals surface area contributed by atoms with Crippen molar-refractivity contribution in [2.24, 2.45) is 5.92 Å². The van der Waals surface area contributed by atoms with Gasteiger partial charge in [0.1, 0.15) is 18.7 Å². The molecule has 0 aromatic heterocycles. The second-order valence-electron chi connectivity index (χ2n) is 12.8. The maximum Gasteiger partial charge on any atom is 0.331 e. The Hall–Kier alpha value is -3.80. The van der Waals surface area contributed by atoms with Gasteiger partial charge < -0.3 is 30.3 Å². The highest BCUT2D eigenvalue weighted by atomic mass is 16.5. The smallest absolute Gasteiger partial charge is 0.331 e. The van der Waals surface area contributed by atoms with Crippen LogP contribution in [0.2, 0.25) is 0 Å². The Morgan fingerprint density at radius 2 is 1.38 bits per heavy atom. The number of likely N-dealkylation sites (N-methyl/N-ethyl adjacent to an activating group) is 1. The van der Waals surface area contributed by atoms with E-state index < -0.39 is 42.0 Å². The van der Waals surface area contributed by atoms with Gasteiger partial charge in [-0.25, -0.2) is 4.79 Å². The van der Waals surface area contributed by atoms with Gasteiger partial charge in [0, 0.05) is 39.6 Å². The molecule has 3 amide bonds. The van der Waals surface area contributed by atoms with Gasteiger partial charge >= 0.3 is 5.97 Å². The number of esters is 1. The monoisotopic (exact) mass is 651 g/mol. The SMILES string of the molecule is CC(=O)N[C@@H](CCc1ccccc1)C(=O)N[C@@H](CC(C)C)C(=O)N[C@H](C(=O)OCc1ccccc1)[C@@H](C)OCCN1CCN(C)CC1. The van der Waals surface area contributed by atoms with Gasteiger partial charge in [0.05, 0.1) is 12.7 Å². The van der Waals surface area contributed by atoms with Crippen LogP contribution in [0.3, 0.4) is 0 Å². The molecule has 3 rings (SSSR count). The lowest BCUT2D eigenvalue weighted by Gasteiger charge is -2.33. The molecule has 0 spiro atoms. The van der Waals surface area contributed by atoms with E-state index in [1.54, 1.807) is 6.92 Å². The Morgan fingerprint density at radius 3 is 1.98 bits per heavy atom. The molecule has 4 atom stereocenters. The average Bonchev–Trinajstić information content (AvgIpc) is 3.05. The predicted molar refractivity (Wildman–Crippen MR) is 181 cm³/mol. The number of nitrogens with zero attached hydrogens (tertiary/aromatic N) is 2.